The van der Waals surface area contributed by atoms with Gasteiger partial charge in [-0.25, -0.2) is 0 Å². The van der Waals surface area contributed by atoms with Crippen LogP contribution in [0, 0.1) is 0 Å². The van der Waals surface area contributed by atoms with Crippen molar-refractivity contribution in [3.63, 3.8) is 0 Å². The van der Waals surface area contributed by atoms with Gasteiger partial charge in [0.1, 0.15) is 0 Å². The van der Waals surface area contributed by atoms with Gasteiger partial charge < -0.3 is 13.3 Å². The summed E-state index contributed by atoms with van der Waals surface area (Å²) in [6, 6.07) is 20.4. The zero-order valence-electron chi connectivity index (χ0n) is 16.0. The number of aryl methyl sites for hydroxylation is 1. The van der Waals surface area contributed by atoms with E-state index in [-0.39, 0.29) is 0 Å². The summed E-state index contributed by atoms with van der Waals surface area (Å²) in [6.45, 7) is 7.86. The molecule has 0 saturated heterocycles. The lowest BCUT2D eigenvalue weighted by atomic mass is 9.99. The number of hydrogen-bond donors (Lipinski definition) is 0. The van der Waals surface area contributed by atoms with Crippen LogP contribution in [0.1, 0.15) is 26.3 Å². The molecule has 0 amide bonds. The molecule has 3 aromatic carbocycles. The van der Waals surface area contributed by atoms with E-state index in [2.05, 4.69) is 54.6 Å². The smallest absolute Gasteiger partial charge is 0.374 e. The minimum atomic E-state index is -2.62. The first-order valence-electron chi connectivity index (χ1n) is 9.53. The van der Waals surface area contributed by atoms with Gasteiger partial charge >= 0.3 is 8.80 Å². The fraction of sp³-hybridized carbons (Fsp3) is 0.364. The molecule has 0 fully saturated rings. The van der Waals surface area contributed by atoms with Crippen LogP contribution in [0.2, 0.25) is 6.04 Å². The molecule has 0 aliphatic heterocycles. The van der Waals surface area contributed by atoms with E-state index in [4.69, 9.17) is 13.3 Å². The van der Waals surface area contributed by atoms with Crippen LogP contribution in [0.15, 0.2) is 54.6 Å². The molecule has 0 saturated carbocycles. The summed E-state index contributed by atoms with van der Waals surface area (Å²) in [5, 5.41) is 5.13. The van der Waals surface area contributed by atoms with Crippen molar-refractivity contribution in [1.82, 2.24) is 0 Å². The topological polar surface area (TPSA) is 27.7 Å². The second-order valence-corrected chi connectivity index (χ2v) is 9.05. The fourth-order valence-electron chi connectivity index (χ4n) is 3.54. The highest BCUT2D eigenvalue weighted by Gasteiger charge is 2.39. The van der Waals surface area contributed by atoms with Crippen molar-refractivity contribution in [3.8, 4) is 0 Å². The number of hydrogen-bond acceptors (Lipinski definition) is 3. The monoisotopic (exact) mass is 368 g/mol. The molecule has 0 aromatic heterocycles. The predicted octanol–water partition coefficient (Wildman–Crippen LogP) is 5.58. The summed E-state index contributed by atoms with van der Waals surface area (Å²) in [6.07, 6.45) is 0.891. The van der Waals surface area contributed by atoms with E-state index >= 15 is 0 Å². The van der Waals surface area contributed by atoms with Crippen molar-refractivity contribution in [1.29, 1.82) is 0 Å². The number of rotatable bonds is 9. The molecule has 0 N–H and O–H groups in total. The van der Waals surface area contributed by atoms with Crippen LogP contribution in [0.5, 0.6) is 0 Å². The van der Waals surface area contributed by atoms with E-state index in [1.807, 2.05) is 20.8 Å². The second kappa shape index (κ2) is 8.78. The minimum Gasteiger partial charge on any atom is -0.374 e. The molecule has 0 aliphatic rings. The molecule has 3 rings (SSSR count). The van der Waals surface area contributed by atoms with Gasteiger partial charge in [-0.05, 0) is 66.4 Å². The first-order valence-corrected chi connectivity index (χ1v) is 11.5. The summed E-state index contributed by atoms with van der Waals surface area (Å²) in [5.41, 5.74) is 1.32. The Hall–Kier alpha value is -1.72. The molecule has 4 heteroatoms. The van der Waals surface area contributed by atoms with Crippen LogP contribution < -0.4 is 0 Å². The zero-order valence-corrected chi connectivity index (χ0v) is 17.0. The first-order chi connectivity index (χ1) is 12.7. The summed E-state index contributed by atoms with van der Waals surface area (Å²) in [5.74, 6) is 0. The Morgan fingerprint density at radius 3 is 1.88 bits per heavy atom. The van der Waals surface area contributed by atoms with Crippen LogP contribution in [-0.2, 0) is 19.7 Å². The third-order valence-corrected chi connectivity index (χ3v) is 7.68. The molecule has 0 bridgehead atoms. The maximum atomic E-state index is 6.01. The number of benzene rings is 3. The molecule has 0 radical (unpaired) electrons. The molecule has 3 nitrogen and oxygen atoms in total. The molecular weight excluding hydrogens is 340 g/mol. The molecule has 0 aliphatic carbocycles. The normalized spacial score (nSPS) is 12.1. The van der Waals surface area contributed by atoms with Gasteiger partial charge in [-0.2, -0.15) is 0 Å². The average Bonchev–Trinajstić information content (AvgIpc) is 2.65. The lowest BCUT2D eigenvalue weighted by Gasteiger charge is -2.28. The standard InChI is InChI=1S/C22H28O3Si/c1-4-23-26(24-5-2,25-6-3)15-14-18-12-9-13-21-16-19-10-7-8-11-20(19)17-22(18)21/h7-13,16-17H,4-6,14-15H2,1-3H3. The Balaban J connectivity index is 1.93. The van der Waals surface area contributed by atoms with Gasteiger partial charge in [0.25, 0.3) is 0 Å². The van der Waals surface area contributed by atoms with Crippen molar-refractivity contribution in [3.05, 3.63) is 60.2 Å². The van der Waals surface area contributed by atoms with E-state index in [0.717, 1.165) is 12.5 Å². The maximum Gasteiger partial charge on any atom is 0.501 e. The van der Waals surface area contributed by atoms with Gasteiger partial charge in [0.05, 0.1) is 0 Å². The van der Waals surface area contributed by atoms with Crippen LogP contribution in [0.4, 0.5) is 0 Å². The lowest BCUT2D eigenvalue weighted by molar-refractivity contribution is 0.0714. The van der Waals surface area contributed by atoms with Crippen LogP contribution in [-0.4, -0.2) is 28.6 Å². The van der Waals surface area contributed by atoms with Gasteiger partial charge in [0.15, 0.2) is 0 Å². The summed E-state index contributed by atoms with van der Waals surface area (Å²) >= 11 is 0. The molecule has 0 heterocycles. The summed E-state index contributed by atoms with van der Waals surface area (Å²) in [7, 11) is -2.62. The second-order valence-electron chi connectivity index (χ2n) is 6.32. The lowest BCUT2D eigenvalue weighted by Crippen LogP contribution is -2.46. The highest BCUT2D eigenvalue weighted by molar-refractivity contribution is 6.60. The van der Waals surface area contributed by atoms with Gasteiger partial charge in [0, 0.05) is 25.9 Å². The first kappa shape index (κ1) is 19.0. The Morgan fingerprint density at radius 1 is 0.692 bits per heavy atom. The van der Waals surface area contributed by atoms with Crippen molar-refractivity contribution >= 4 is 30.3 Å². The maximum absolute atomic E-state index is 6.01. The van der Waals surface area contributed by atoms with Crippen LogP contribution in [0.3, 0.4) is 0 Å². The van der Waals surface area contributed by atoms with Crippen molar-refractivity contribution in [2.24, 2.45) is 0 Å². The van der Waals surface area contributed by atoms with E-state index in [1.54, 1.807) is 0 Å². The minimum absolute atomic E-state index is 0.617. The molecular formula is C22H28O3Si. The summed E-state index contributed by atoms with van der Waals surface area (Å²) in [4.78, 5) is 0. The van der Waals surface area contributed by atoms with E-state index in [1.165, 1.54) is 27.1 Å². The molecule has 0 spiro atoms. The van der Waals surface area contributed by atoms with Gasteiger partial charge in [-0.1, -0.05) is 42.5 Å². The Kier molecular flexibility index (Phi) is 6.43. The average molecular weight is 369 g/mol. The molecule has 3 aromatic rings. The Morgan fingerprint density at radius 2 is 1.27 bits per heavy atom. The molecule has 138 valence electrons. The van der Waals surface area contributed by atoms with Gasteiger partial charge in [-0.15, -0.1) is 0 Å². The van der Waals surface area contributed by atoms with E-state index in [0.29, 0.717) is 19.8 Å². The van der Waals surface area contributed by atoms with E-state index in [9.17, 15) is 0 Å². The molecule has 0 unspecified atom stereocenters. The van der Waals surface area contributed by atoms with Crippen LogP contribution in [0.25, 0.3) is 21.5 Å². The third kappa shape index (κ3) is 4.15. The van der Waals surface area contributed by atoms with Crippen molar-refractivity contribution < 1.29 is 13.3 Å². The fourth-order valence-corrected chi connectivity index (χ4v) is 6.12. The largest absolute Gasteiger partial charge is 0.501 e. The highest BCUT2D eigenvalue weighted by atomic mass is 28.4. The van der Waals surface area contributed by atoms with Gasteiger partial charge in [0.2, 0.25) is 0 Å². The Labute approximate surface area is 157 Å². The van der Waals surface area contributed by atoms with Crippen LogP contribution >= 0.6 is 0 Å². The molecule has 26 heavy (non-hydrogen) atoms. The highest BCUT2D eigenvalue weighted by Crippen LogP contribution is 2.28. The zero-order chi connectivity index (χ0) is 18.4. The van der Waals surface area contributed by atoms with Crippen molar-refractivity contribution in [2.45, 2.75) is 33.2 Å². The van der Waals surface area contributed by atoms with Gasteiger partial charge in [-0.3, -0.25) is 0 Å². The SMILES string of the molecule is CCO[Si](CCc1cccc2cc3ccccc3cc12)(OCC)OCC. The number of fused-ring (bicyclic) bond motifs is 2. The predicted molar refractivity (Wildman–Crippen MR) is 111 cm³/mol. The van der Waals surface area contributed by atoms with E-state index < -0.39 is 8.80 Å². The van der Waals surface area contributed by atoms with Crippen molar-refractivity contribution in [2.75, 3.05) is 19.8 Å². The quantitative estimate of drug-likeness (QED) is 0.364. The molecule has 0 atom stereocenters. The summed E-state index contributed by atoms with van der Waals surface area (Å²) < 4.78 is 18.0. The third-order valence-electron chi connectivity index (χ3n) is 4.63. The Bertz CT molecular complexity index is 845.